The van der Waals surface area contributed by atoms with Crippen LogP contribution in [0.3, 0.4) is 0 Å². The van der Waals surface area contributed by atoms with E-state index in [2.05, 4.69) is 37.7 Å². The molecule has 0 bridgehead atoms. The maximum Gasteiger partial charge on any atom is 0.177 e. The van der Waals surface area contributed by atoms with Gasteiger partial charge in [0.1, 0.15) is 21.0 Å². The number of thiophene rings is 1. The van der Waals surface area contributed by atoms with E-state index >= 15 is 0 Å². The summed E-state index contributed by atoms with van der Waals surface area (Å²) in [5.74, 6) is 1.87. The van der Waals surface area contributed by atoms with Crippen LogP contribution in [0.1, 0.15) is 23.0 Å². The van der Waals surface area contributed by atoms with Crippen LogP contribution in [0.25, 0.3) is 26.2 Å². The molecule has 5 heterocycles. The van der Waals surface area contributed by atoms with E-state index in [1.165, 1.54) is 0 Å². The fraction of sp³-hybridized carbons (Fsp3) is 0.278. The highest BCUT2D eigenvalue weighted by atomic mass is 32.1. The molecular weight excluding hydrogens is 346 g/mol. The molecular formula is C18H17N7S. The number of fused-ring (bicyclic) bond motifs is 4. The van der Waals surface area contributed by atoms with E-state index in [0.29, 0.717) is 0 Å². The maximum absolute atomic E-state index is 4.86. The maximum atomic E-state index is 4.86. The standard InChI is InChI=1S/C18H17N7S/c1-10-9-20-11(2)16-21-13(23-25(10)16)6-7-14-22-15-12-5-4-8-19-17(12)26-18(15)24(14)3/h4-5,8-9H,6-7H2,1-3H3. The van der Waals surface area contributed by atoms with Crippen molar-refractivity contribution in [2.24, 2.45) is 7.05 Å². The van der Waals surface area contributed by atoms with Crippen LogP contribution in [0.4, 0.5) is 0 Å². The number of rotatable bonds is 3. The van der Waals surface area contributed by atoms with Crippen LogP contribution in [0.5, 0.6) is 0 Å². The summed E-state index contributed by atoms with van der Waals surface area (Å²) >= 11 is 1.68. The van der Waals surface area contributed by atoms with Crippen LogP contribution in [0.15, 0.2) is 24.5 Å². The van der Waals surface area contributed by atoms with Crippen LogP contribution < -0.4 is 0 Å². The Hall–Kier alpha value is -2.87. The number of pyridine rings is 1. The third-order valence-corrected chi connectivity index (χ3v) is 5.86. The van der Waals surface area contributed by atoms with Crippen molar-refractivity contribution in [2.75, 3.05) is 0 Å². The van der Waals surface area contributed by atoms with Gasteiger partial charge >= 0.3 is 0 Å². The number of aromatic nitrogens is 7. The van der Waals surface area contributed by atoms with E-state index in [9.17, 15) is 0 Å². The molecule has 0 spiro atoms. The van der Waals surface area contributed by atoms with Crippen molar-refractivity contribution in [1.82, 2.24) is 34.1 Å². The molecule has 0 N–H and O–H groups in total. The minimum absolute atomic E-state index is 0.745. The molecule has 0 aliphatic rings. The summed E-state index contributed by atoms with van der Waals surface area (Å²) in [5.41, 5.74) is 3.75. The molecule has 0 fully saturated rings. The minimum atomic E-state index is 0.745. The molecule has 0 aliphatic carbocycles. The zero-order chi connectivity index (χ0) is 17.8. The summed E-state index contributed by atoms with van der Waals surface area (Å²) in [7, 11) is 2.06. The van der Waals surface area contributed by atoms with Crippen molar-refractivity contribution in [3.05, 3.63) is 47.6 Å². The summed E-state index contributed by atoms with van der Waals surface area (Å²) in [6.07, 6.45) is 5.19. The van der Waals surface area contributed by atoms with Crippen molar-refractivity contribution in [2.45, 2.75) is 26.7 Å². The van der Waals surface area contributed by atoms with Gasteiger partial charge in [-0.1, -0.05) is 11.3 Å². The van der Waals surface area contributed by atoms with Crippen molar-refractivity contribution in [3.63, 3.8) is 0 Å². The Balaban J connectivity index is 1.49. The zero-order valence-corrected chi connectivity index (χ0v) is 15.6. The molecule has 0 aliphatic heterocycles. The quantitative estimate of drug-likeness (QED) is 0.493. The molecule has 5 aromatic heterocycles. The normalized spacial score (nSPS) is 12.0. The highest BCUT2D eigenvalue weighted by Crippen LogP contribution is 2.32. The molecule has 8 heteroatoms. The molecule has 0 aromatic carbocycles. The van der Waals surface area contributed by atoms with Gasteiger partial charge in [-0.2, -0.15) is 5.10 Å². The number of hydrogen-bond donors (Lipinski definition) is 0. The number of aryl methyl sites for hydroxylation is 5. The van der Waals surface area contributed by atoms with Gasteiger partial charge in [0.15, 0.2) is 11.5 Å². The third kappa shape index (κ3) is 2.22. The molecule has 130 valence electrons. The van der Waals surface area contributed by atoms with Gasteiger partial charge in [-0.15, -0.1) is 0 Å². The van der Waals surface area contributed by atoms with Crippen molar-refractivity contribution in [1.29, 1.82) is 0 Å². The highest BCUT2D eigenvalue weighted by molar-refractivity contribution is 7.25. The summed E-state index contributed by atoms with van der Waals surface area (Å²) in [6.45, 7) is 3.95. The van der Waals surface area contributed by atoms with Crippen molar-refractivity contribution < 1.29 is 0 Å². The number of hydrogen-bond acceptors (Lipinski definition) is 6. The van der Waals surface area contributed by atoms with Crippen LogP contribution >= 0.6 is 11.3 Å². The zero-order valence-electron chi connectivity index (χ0n) is 14.8. The van der Waals surface area contributed by atoms with Gasteiger partial charge in [0.05, 0.1) is 11.4 Å². The summed E-state index contributed by atoms with van der Waals surface area (Å²) < 4.78 is 4.03. The van der Waals surface area contributed by atoms with Gasteiger partial charge in [-0.3, -0.25) is 4.98 Å². The first kappa shape index (κ1) is 15.4. The lowest BCUT2D eigenvalue weighted by molar-refractivity contribution is 0.753. The Bertz CT molecular complexity index is 1240. The van der Waals surface area contributed by atoms with Gasteiger partial charge in [-0.05, 0) is 26.0 Å². The predicted molar refractivity (Wildman–Crippen MR) is 102 cm³/mol. The van der Waals surface area contributed by atoms with Gasteiger partial charge in [-0.25, -0.2) is 19.5 Å². The van der Waals surface area contributed by atoms with E-state index in [4.69, 9.17) is 4.98 Å². The van der Waals surface area contributed by atoms with E-state index < -0.39 is 0 Å². The molecule has 0 amide bonds. The van der Waals surface area contributed by atoms with Crippen molar-refractivity contribution >= 4 is 37.5 Å². The Kier molecular flexibility index (Phi) is 3.30. The molecule has 0 radical (unpaired) electrons. The minimum Gasteiger partial charge on any atom is -0.323 e. The van der Waals surface area contributed by atoms with Gasteiger partial charge < -0.3 is 4.57 Å². The van der Waals surface area contributed by atoms with E-state index in [0.717, 1.165) is 62.1 Å². The first-order valence-corrected chi connectivity index (χ1v) is 9.30. The lowest BCUT2D eigenvalue weighted by atomic mass is 10.3. The number of imidazole rings is 1. The monoisotopic (exact) mass is 363 g/mol. The topological polar surface area (TPSA) is 73.8 Å². The van der Waals surface area contributed by atoms with E-state index in [1.807, 2.05) is 36.8 Å². The van der Waals surface area contributed by atoms with Crippen LogP contribution in [-0.2, 0) is 19.9 Å². The fourth-order valence-electron chi connectivity index (χ4n) is 3.25. The summed E-state index contributed by atoms with van der Waals surface area (Å²) in [4.78, 5) is 20.5. The first-order chi connectivity index (χ1) is 12.6. The average Bonchev–Trinajstić information content (AvgIpc) is 3.31. The molecule has 0 atom stereocenters. The molecule has 26 heavy (non-hydrogen) atoms. The third-order valence-electron chi connectivity index (χ3n) is 4.68. The lowest BCUT2D eigenvalue weighted by Crippen LogP contribution is -2.02. The second-order valence-electron chi connectivity index (χ2n) is 6.45. The second-order valence-corrected chi connectivity index (χ2v) is 7.42. The van der Waals surface area contributed by atoms with Crippen LogP contribution in [-0.4, -0.2) is 34.1 Å². The molecule has 5 rings (SSSR count). The summed E-state index contributed by atoms with van der Waals surface area (Å²) in [6, 6.07) is 4.04. The highest BCUT2D eigenvalue weighted by Gasteiger charge is 2.16. The molecule has 0 unspecified atom stereocenters. The van der Waals surface area contributed by atoms with Crippen LogP contribution in [0.2, 0.25) is 0 Å². The van der Waals surface area contributed by atoms with Crippen LogP contribution in [0, 0.1) is 13.8 Å². The van der Waals surface area contributed by atoms with E-state index in [1.54, 1.807) is 11.3 Å². The van der Waals surface area contributed by atoms with Gasteiger partial charge in [0, 0.05) is 37.7 Å². The molecule has 0 saturated carbocycles. The lowest BCUT2D eigenvalue weighted by Gasteiger charge is -1.99. The predicted octanol–water partition coefficient (Wildman–Crippen LogP) is 3.02. The Morgan fingerprint density at radius 3 is 2.85 bits per heavy atom. The largest absolute Gasteiger partial charge is 0.323 e. The van der Waals surface area contributed by atoms with E-state index in [-0.39, 0.29) is 0 Å². The molecule has 7 nitrogen and oxygen atoms in total. The molecule has 5 aromatic rings. The Labute approximate surface area is 153 Å². The van der Waals surface area contributed by atoms with Crippen molar-refractivity contribution in [3.8, 4) is 0 Å². The smallest absolute Gasteiger partial charge is 0.177 e. The van der Waals surface area contributed by atoms with Gasteiger partial charge in [0.2, 0.25) is 0 Å². The fourth-order valence-corrected chi connectivity index (χ4v) is 4.32. The Morgan fingerprint density at radius 1 is 1.12 bits per heavy atom. The van der Waals surface area contributed by atoms with Gasteiger partial charge in [0.25, 0.3) is 0 Å². The first-order valence-electron chi connectivity index (χ1n) is 8.48. The Morgan fingerprint density at radius 2 is 2.00 bits per heavy atom. The number of nitrogens with zero attached hydrogens (tertiary/aromatic N) is 7. The SMILES string of the molecule is Cc1ncc(C)n2nc(CCc3nc4c5cccnc5sc4n3C)nc12. The molecule has 0 saturated heterocycles. The summed E-state index contributed by atoms with van der Waals surface area (Å²) in [5, 5.41) is 5.75. The average molecular weight is 363 g/mol. The second kappa shape index (κ2) is 5.57.